The molecule has 3 atom stereocenters. The number of hydrogen-bond acceptors (Lipinski definition) is 8. The number of hydrogen-bond donors (Lipinski definition) is 3. The maximum atomic E-state index is 13.8. The molecule has 0 saturated carbocycles. The molecule has 0 aliphatic carbocycles. The molecule has 3 unspecified atom stereocenters. The molecule has 0 aromatic heterocycles. The van der Waals surface area contributed by atoms with Crippen LogP contribution >= 0.6 is 0 Å². The van der Waals surface area contributed by atoms with Gasteiger partial charge in [-0.15, -0.1) is 0 Å². The third kappa shape index (κ3) is 17.5. The van der Waals surface area contributed by atoms with Crippen LogP contribution in [-0.4, -0.2) is 116 Å². The average molecular weight is 763 g/mol. The number of esters is 1. The smallest absolute Gasteiger partial charge is 0.338 e. The Morgan fingerprint density at radius 1 is 0.815 bits per heavy atom. The molecule has 1 rings (SSSR count). The zero-order chi connectivity index (χ0) is 42.0. The van der Waals surface area contributed by atoms with Crippen LogP contribution in [0.2, 0.25) is 0 Å². The number of ether oxygens (including phenoxy) is 1. The van der Waals surface area contributed by atoms with Crippen molar-refractivity contribution in [1.82, 2.24) is 14.7 Å². The molecule has 0 aliphatic rings. The van der Waals surface area contributed by atoms with E-state index in [9.17, 15) is 29.4 Å². The maximum absolute atomic E-state index is 13.8. The number of aliphatic hydroxyl groups is 2. The Balaban J connectivity index is 0.00000199. The highest BCUT2D eigenvalue weighted by Gasteiger charge is 2.44. The third-order valence-electron chi connectivity index (χ3n) is 10.7. The van der Waals surface area contributed by atoms with Crippen molar-refractivity contribution < 1.29 is 34.1 Å². The number of aliphatic hydroxyl groups excluding tert-OH is 2. The summed E-state index contributed by atoms with van der Waals surface area (Å²) in [4.78, 5) is 56.4. The number of amides is 3. The number of nitrogens with zero attached hydrogens (tertiary/aromatic N) is 3. The summed E-state index contributed by atoms with van der Waals surface area (Å²) >= 11 is 0. The average Bonchev–Trinajstić information content (AvgIpc) is 3.11. The van der Waals surface area contributed by atoms with Gasteiger partial charge in [0.05, 0.1) is 18.7 Å². The SMILES string of the molecule is CCN(CC)C(=O)CCC(C)C.CNc1ccc(C(=O)OCCN(C)C(=O)C(CC(C)(C)C(C)C(CC(C)(C)CO)C(=O)N(C)CCO)C(C)(C)C)cc1. The Kier molecular flexibility index (Phi) is 22.3. The van der Waals surface area contributed by atoms with Crippen LogP contribution in [0.25, 0.3) is 0 Å². The monoisotopic (exact) mass is 763 g/mol. The Hall–Kier alpha value is -3.18. The highest BCUT2D eigenvalue weighted by molar-refractivity contribution is 5.89. The molecule has 11 nitrogen and oxygen atoms in total. The van der Waals surface area contributed by atoms with Gasteiger partial charge in [-0.1, -0.05) is 69.2 Å². The summed E-state index contributed by atoms with van der Waals surface area (Å²) in [5, 5.41) is 22.4. The van der Waals surface area contributed by atoms with E-state index in [4.69, 9.17) is 4.74 Å². The molecular formula is C43H78N4O7. The summed E-state index contributed by atoms with van der Waals surface area (Å²) < 4.78 is 5.45. The van der Waals surface area contributed by atoms with Crippen molar-refractivity contribution in [3.05, 3.63) is 29.8 Å². The van der Waals surface area contributed by atoms with Gasteiger partial charge in [-0.3, -0.25) is 14.4 Å². The van der Waals surface area contributed by atoms with Gasteiger partial charge in [0.25, 0.3) is 0 Å². The Labute approximate surface area is 328 Å². The van der Waals surface area contributed by atoms with E-state index in [1.165, 1.54) is 0 Å². The standard InChI is InChI=1S/C33H57N3O6.C10H21NO/c1-23(26(20-32(5,6)22-38)28(39)35(10)16-18-37)33(7,8)21-27(31(2,3)4)29(40)36(11)17-19-42-30(41)24-12-14-25(34-9)15-13-24;1-5-11(6-2)10(12)8-7-9(3)4/h12-15,23,26-27,34,37-38H,16-22H2,1-11H3;9H,5-8H2,1-4H3. The number of nitrogens with one attached hydrogen (secondary N) is 1. The fourth-order valence-electron chi connectivity index (χ4n) is 6.36. The van der Waals surface area contributed by atoms with E-state index in [0.29, 0.717) is 36.7 Å². The largest absolute Gasteiger partial charge is 0.460 e. The van der Waals surface area contributed by atoms with Crippen molar-refractivity contribution in [1.29, 1.82) is 0 Å². The lowest BCUT2D eigenvalue weighted by atomic mass is 9.62. The van der Waals surface area contributed by atoms with Gasteiger partial charge in [0.2, 0.25) is 17.7 Å². The molecule has 0 radical (unpaired) electrons. The Morgan fingerprint density at radius 2 is 1.35 bits per heavy atom. The fourth-order valence-corrected chi connectivity index (χ4v) is 6.36. The number of rotatable bonds is 21. The molecule has 0 spiro atoms. The predicted molar refractivity (Wildman–Crippen MR) is 220 cm³/mol. The summed E-state index contributed by atoms with van der Waals surface area (Å²) in [5.41, 5.74) is 0.117. The van der Waals surface area contributed by atoms with Gasteiger partial charge >= 0.3 is 5.97 Å². The lowest BCUT2D eigenvalue weighted by Crippen LogP contribution is -2.47. The van der Waals surface area contributed by atoms with Gasteiger partial charge in [-0.2, -0.15) is 0 Å². The highest BCUT2D eigenvalue weighted by Crippen LogP contribution is 2.46. The highest BCUT2D eigenvalue weighted by atomic mass is 16.5. The van der Waals surface area contributed by atoms with Crippen molar-refractivity contribution in [3.63, 3.8) is 0 Å². The molecule has 0 bridgehead atoms. The molecule has 1 aromatic carbocycles. The maximum Gasteiger partial charge on any atom is 0.338 e. The summed E-state index contributed by atoms with van der Waals surface area (Å²) in [6, 6.07) is 7.00. The second kappa shape index (κ2) is 23.7. The van der Waals surface area contributed by atoms with Crippen LogP contribution in [0.4, 0.5) is 5.69 Å². The normalized spacial score (nSPS) is 13.6. The van der Waals surface area contributed by atoms with E-state index in [-0.39, 0.29) is 62.0 Å². The van der Waals surface area contributed by atoms with Gasteiger partial charge in [-0.05, 0) is 85.5 Å². The molecule has 3 amide bonds. The lowest BCUT2D eigenvalue weighted by Gasteiger charge is -2.44. The van der Waals surface area contributed by atoms with E-state index in [0.717, 1.165) is 25.2 Å². The quantitative estimate of drug-likeness (QED) is 0.116. The van der Waals surface area contributed by atoms with E-state index in [1.807, 2.05) is 53.4 Å². The van der Waals surface area contributed by atoms with E-state index < -0.39 is 22.7 Å². The number of benzene rings is 1. The van der Waals surface area contributed by atoms with Gasteiger partial charge in [0.15, 0.2) is 0 Å². The van der Waals surface area contributed by atoms with Gasteiger partial charge in [0.1, 0.15) is 6.61 Å². The van der Waals surface area contributed by atoms with Crippen LogP contribution in [-0.2, 0) is 19.1 Å². The zero-order valence-corrected chi connectivity index (χ0v) is 36.7. The third-order valence-corrected chi connectivity index (χ3v) is 10.7. The Bertz CT molecular complexity index is 1270. The zero-order valence-electron chi connectivity index (χ0n) is 36.7. The molecule has 0 saturated heterocycles. The van der Waals surface area contributed by atoms with E-state index in [2.05, 4.69) is 39.9 Å². The molecule has 0 fully saturated rings. The molecule has 1 aromatic rings. The second-order valence-corrected chi connectivity index (χ2v) is 17.7. The number of anilines is 1. The second-order valence-electron chi connectivity index (χ2n) is 17.7. The van der Waals surface area contributed by atoms with Crippen LogP contribution in [0, 0.1) is 39.9 Å². The van der Waals surface area contributed by atoms with Crippen molar-refractivity contribution >= 4 is 29.4 Å². The summed E-state index contributed by atoms with van der Waals surface area (Å²) in [6.07, 6.45) is 2.75. The molecule has 11 heteroatoms. The topological polar surface area (TPSA) is 140 Å². The molecule has 312 valence electrons. The molecule has 0 heterocycles. The lowest BCUT2D eigenvalue weighted by molar-refractivity contribution is -0.142. The van der Waals surface area contributed by atoms with Crippen LogP contribution in [0.5, 0.6) is 0 Å². The first-order valence-corrected chi connectivity index (χ1v) is 19.9. The summed E-state index contributed by atoms with van der Waals surface area (Å²) in [6.45, 7) is 26.7. The van der Waals surface area contributed by atoms with Gasteiger partial charge < -0.3 is 35.0 Å². The van der Waals surface area contributed by atoms with Crippen molar-refractivity contribution in [2.24, 2.45) is 39.9 Å². The summed E-state index contributed by atoms with van der Waals surface area (Å²) in [7, 11) is 5.23. The van der Waals surface area contributed by atoms with Crippen LogP contribution in [0.1, 0.15) is 119 Å². The predicted octanol–water partition coefficient (Wildman–Crippen LogP) is 6.82. The number of carbonyl (C=O) groups is 4. The molecule has 3 N–H and O–H groups in total. The van der Waals surface area contributed by atoms with Crippen molar-refractivity contribution in [2.75, 3.05) is 72.5 Å². The fraction of sp³-hybridized carbons (Fsp3) is 0.767. The van der Waals surface area contributed by atoms with Crippen LogP contribution in [0.15, 0.2) is 24.3 Å². The van der Waals surface area contributed by atoms with Crippen LogP contribution in [0.3, 0.4) is 0 Å². The van der Waals surface area contributed by atoms with Gasteiger partial charge in [0, 0.05) is 71.3 Å². The first-order valence-electron chi connectivity index (χ1n) is 19.9. The first-order chi connectivity index (χ1) is 24.9. The van der Waals surface area contributed by atoms with Crippen molar-refractivity contribution in [2.45, 2.75) is 109 Å². The van der Waals surface area contributed by atoms with Crippen molar-refractivity contribution in [3.8, 4) is 0 Å². The molecule has 0 aliphatic heterocycles. The minimum absolute atomic E-state index is 0.0341. The van der Waals surface area contributed by atoms with Gasteiger partial charge in [-0.25, -0.2) is 4.79 Å². The van der Waals surface area contributed by atoms with Crippen LogP contribution < -0.4 is 5.32 Å². The number of likely N-dealkylation sites (N-methyl/N-ethyl adjacent to an activating group) is 2. The minimum Gasteiger partial charge on any atom is -0.460 e. The Morgan fingerprint density at radius 3 is 1.80 bits per heavy atom. The molecular weight excluding hydrogens is 684 g/mol. The van der Waals surface area contributed by atoms with E-state index >= 15 is 0 Å². The molecule has 54 heavy (non-hydrogen) atoms. The summed E-state index contributed by atoms with van der Waals surface area (Å²) in [5.74, 6) is -0.463. The van der Waals surface area contributed by atoms with E-state index in [1.54, 1.807) is 55.2 Å². The first kappa shape index (κ1) is 50.8. The minimum atomic E-state index is -0.462. The number of carbonyl (C=O) groups excluding carboxylic acids is 4.